The van der Waals surface area contributed by atoms with Crippen molar-refractivity contribution in [3.63, 3.8) is 0 Å². The van der Waals surface area contributed by atoms with Crippen LogP contribution in [0.4, 0.5) is 0 Å². The number of aromatic carboxylic acids is 1. The molecule has 0 radical (unpaired) electrons. The van der Waals surface area contributed by atoms with Gasteiger partial charge in [-0.05, 0) is 24.3 Å². The zero-order chi connectivity index (χ0) is 16.9. The van der Waals surface area contributed by atoms with Gasteiger partial charge in [0.05, 0.1) is 12.8 Å². The molecule has 0 amide bonds. The third-order valence-electron chi connectivity index (χ3n) is 3.39. The van der Waals surface area contributed by atoms with E-state index < -0.39 is 5.97 Å². The maximum Gasteiger partial charge on any atom is 0.339 e. The number of rotatable bonds is 6. The number of methoxy groups -OCH3 is 1. The van der Waals surface area contributed by atoms with E-state index in [1.165, 1.54) is 17.4 Å². The minimum atomic E-state index is -1.01. The van der Waals surface area contributed by atoms with E-state index in [1.807, 2.05) is 29.6 Å². The van der Waals surface area contributed by atoms with Crippen molar-refractivity contribution in [1.29, 1.82) is 0 Å². The summed E-state index contributed by atoms with van der Waals surface area (Å²) >= 11 is 1.47. The van der Waals surface area contributed by atoms with Crippen molar-refractivity contribution in [1.82, 2.24) is 4.98 Å². The van der Waals surface area contributed by atoms with E-state index in [4.69, 9.17) is 14.6 Å². The highest BCUT2D eigenvalue weighted by Crippen LogP contribution is 2.26. The lowest BCUT2D eigenvalue weighted by Gasteiger charge is -2.07. The van der Waals surface area contributed by atoms with E-state index in [-0.39, 0.29) is 12.2 Å². The molecule has 0 saturated carbocycles. The van der Waals surface area contributed by atoms with Crippen LogP contribution >= 0.6 is 11.3 Å². The zero-order valence-electron chi connectivity index (χ0n) is 12.9. The molecule has 1 aromatic heterocycles. The van der Waals surface area contributed by atoms with Crippen LogP contribution in [0.1, 0.15) is 15.4 Å². The van der Waals surface area contributed by atoms with Gasteiger partial charge >= 0.3 is 5.97 Å². The summed E-state index contributed by atoms with van der Waals surface area (Å²) in [6, 6.07) is 14.2. The van der Waals surface area contributed by atoms with Crippen LogP contribution in [0.5, 0.6) is 11.5 Å². The highest BCUT2D eigenvalue weighted by molar-refractivity contribution is 7.09. The van der Waals surface area contributed by atoms with Gasteiger partial charge in [0.25, 0.3) is 0 Å². The van der Waals surface area contributed by atoms with Crippen LogP contribution in [-0.4, -0.2) is 23.2 Å². The maximum atomic E-state index is 11.2. The Hall–Kier alpha value is -2.86. The first-order chi connectivity index (χ1) is 11.7. The van der Waals surface area contributed by atoms with Crippen LogP contribution in [0.15, 0.2) is 53.9 Å². The predicted octanol–water partition coefficient (Wildman–Crippen LogP) is 4.10. The van der Waals surface area contributed by atoms with Gasteiger partial charge in [-0.1, -0.05) is 24.3 Å². The fourth-order valence-corrected chi connectivity index (χ4v) is 2.92. The van der Waals surface area contributed by atoms with Crippen LogP contribution < -0.4 is 9.47 Å². The van der Waals surface area contributed by atoms with Crippen LogP contribution in [0, 0.1) is 0 Å². The molecule has 1 N–H and O–H groups in total. The monoisotopic (exact) mass is 341 g/mol. The topological polar surface area (TPSA) is 68.7 Å². The Morgan fingerprint density at radius 1 is 1.21 bits per heavy atom. The average molecular weight is 341 g/mol. The molecule has 0 saturated heterocycles. The fraction of sp³-hybridized carbons (Fsp3) is 0.111. The molecule has 0 bridgehead atoms. The first-order valence-electron chi connectivity index (χ1n) is 7.21. The minimum Gasteiger partial charge on any atom is -0.497 e. The van der Waals surface area contributed by atoms with E-state index in [0.29, 0.717) is 5.75 Å². The van der Waals surface area contributed by atoms with E-state index in [9.17, 15) is 4.79 Å². The van der Waals surface area contributed by atoms with Crippen molar-refractivity contribution in [2.24, 2.45) is 0 Å². The summed E-state index contributed by atoms with van der Waals surface area (Å²) in [6.45, 7) is 0.221. The molecular weight excluding hydrogens is 326 g/mol. The van der Waals surface area contributed by atoms with E-state index >= 15 is 0 Å². The first-order valence-corrected chi connectivity index (χ1v) is 8.09. The van der Waals surface area contributed by atoms with Crippen molar-refractivity contribution in [2.45, 2.75) is 6.61 Å². The van der Waals surface area contributed by atoms with Crippen molar-refractivity contribution in [3.8, 4) is 22.8 Å². The zero-order valence-corrected chi connectivity index (χ0v) is 13.7. The summed E-state index contributed by atoms with van der Waals surface area (Å²) < 4.78 is 10.8. The second-order valence-corrected chi connectivity index (χ2v) is 5.89. The Balaban J connectivity index is 1.74. The Morgan fingerprint density at radius 3 is 2.83 bits per heavy atom. The Bertz CT molecular complexity index is 859. The number of carboxylic acids is 1. The number of thiazole rings is 1. The molecule has 6 heteroatoms. The van der Waals surface area contributed by atoms with Crippen molar-refractivity contribution in [2.75, 3.05) is 7.11 Å². The lowest BCUT2D eigenvalue weighted by Crippen LogP contribution is -2.03. The highest BCUT2D eigenvalue weighted by atomic mass is 32.1. The summed E-state index contributed by atoms with van der Waals surface area (Å²) in [5.74, 6) is 0.0959. The third kappa shape index (κ3) is 3.55. The Labute approximate surface area is 143 Å². The molecular formula is C18H15NO4S. The second kappa shape index (κ2) is 7.14. The standard InChI is InChI=1S/C18H15NO4S/c1-22-13-6-4-5-12(9-13)15-11-24-17(19-15)10-23-16-8-3-2-7-14(16)18(20)21/h2-9,11H,10H2,1H3,(H,20,21). The summed E-state index contributed by atoms with van der Waals surface area (Å²) in [5.41, 5.74) is 1.94. The van der Waals surface area contributed by atoms with Gasteiger partial charge in [-0.15, -0.1) is 11.3 Å². The molecule has 0 atom stereocenters. The summed E-state index contributed by atoms with van der Waals surface area (Å²) in [4.78, 5) is 15.7. The van der Waals surface area contributed by atoms with Gasteiger partial charge in [-0.2, -0.15) is 0 Å². The van der Waals surface area contributed by atoms with Gasteiger partial charge in [0.1, 0.15) is 28.7 Å². The largest absolute Gasteiger partial charge is 0.497 e. The minimum absolute atomic E-state index is 0.141. The van der Waals surface area contributed by atoms with Crippen LogP contribution in [0.3, 0.4) is 0 Å². The second-order valence-electron chi connectivity index (χ2n) is 4.95. The van der Waals surface area contributed by atoms with Gasteiger partial charge in [-0.3, -0.25) is 0 Å². The van der Waals surface area contributed by atoms with Gasteiger partial charge in [0.15, 0.2) is 0 Å². The van der Waals surface area contributed by atoms with Gasteiger partial charge in [0, 0.05) is 10.9 Å². The molecule has 24 heavy (non-hydrogen) atoms. The third-order valence-corrected chi connectivity index (χ3v) is 4.21. The van der Waals surface area contributed by atoms with Crippen LogP contribution in [0.25, 0.3) is 11.3 Å². The van der Waals surface area contributed by atoms with Crippen molar-refractivity contribution < 1.29 is 19.4 Å². The summed E-state index contributed by atoms with van der Waals surface area (Å²) in [6.07, 6.45) is 0. The quantitative estimate of drug-likeness (QED) is 0.731. The number of benzene rings is 2. The molecule has 0 spiro atoms. The Morgan fingerprint density at radius 2 is 2.04 bits per heavy atom. The summed E-state index contributed by atoms with van der Waals surface area (Å²) in [5, 5.41) is 11.9. The highest BCUT2D eigenvalue weighted by Gasteiger charge is 2.11. The number of aromatic nitrogens is 1. The molecule has 1 heterocycles. The number of para-hydroxylation sites is 1. The lowest BCUT2D eigenvalue weighted by atomic mass is 10.2. The average Bonchev–Trinajstić information content (AvgIpc) is 3.09. The summed E-state index contributed by atoms with van der Waals surface area (Å²) in [7, 11) is 1.62. The fourth-order valence-electron chi connectivity index (χ4n) is 2.20. The van der Waals surface area contributed by atoms with Crippen molar-refractivity contribution in [3.05, 3.63) is 64.5 Å². The molecule has 3 aromatic rings. The van der Waals surface area contributed by atoms with E-state index in [2.05, 4.69) is 4.98 Å². The van der Waals surface area contributed by atoms with Crippen molar-refractivity contribution >= 4 is 17.3 Å². The van der Waals surface area contributed by atoms with E-state index in [0.717, 1.165) is 22.0 Å². The smallest absolute Gasteiger partial charge is 0.339 e. The van der Waals surface area contributed by atoms with Crippen LogP contribution in [0.2, 0.25) is 0 Å². The number of hydrogen-bond acceptors (Lipinski definition) is 5. The molecule has 0 aliphatic carbocycles. The first kappa shape index (κ1) is 16.0. The molecule has 0 fully saturated rings. The number of nitrogens with zero attached hydrogens (tertiary/aromatic N) is 1. The normalized spacial score (nSPS) is 10.4. The predicted molar refractivity (Wildman–Crippen MR) is 91.8 cm³/mol. The molecule has 0 unspecified atom stereocenters. The van der Waals surface area contributed by atoms with Gasteiger partial charge in [0.2, 0.25) is 0 Å². The molecule has 5 nitrogen and oxygen atoms in total. The Kier molecular flexibility index (Phi) is 4.77. The molecule has 0 aliphatic rings. The maximum absolute atomic E-state index is 11.2. The van der Waals surface area contributed by atoms with Crippen LogP contribution in [-0.2, 0) is 6.61 Å². The molecule has 0 aliphatic heterocycles. The van der Waals surface area contributed by atoms with E-state index in [1.54, 1.807) is 25.3 Å². The number of carbonyl (C=O) groups is 1. The number of carboxylic acid groups (broad SMARTS) is 1. The number of ether oxygens (including phenoxy) is 2. The number of hydrogen-bond donors (Lipinski definition) is 1. The molecule has 3 rings (SSSR count). The molecule has 122 valence electrons. The lowest BCUT2D eigenvalue weighted by molar-refractivity contribution is 0.0691. The van der Waals surface area contributed by atoms with Gasteiger partial charge in [-0.25, -0.2) is 9.78 Å². The molecule has 2 aromatic carbocycles. The van der Waals surface area contributed by atoms with Gasteiger partial charge < -0.3 is 14.6 Å². The SMILES string of the molecule is COc1cccc(-c2csc(COc3ccccc3C(=O)O)n2)c1.